The van der Waals surface area contributed by atoms with Crippen molar-refractivity contribution in [1.82, 2.24) is 4.98 Å². The fraction of sp³-hybridized carbons (Fsp3) is 0.167. The smallest absolute Gasteiger partial charge is 0.256 e. The molecule has 4 heteroatoms. The van der Waals surface area contributed by atoms with Crippen LogP contribution in [0.4, 0.5) is 5.82 Å². The summed E-state index contributed by atoms with van der Waals surface area (Å²) in [6, 6.07) is 2.93. The van der Waals surface area contributed by atoms with Crippen LogP contribution in [0, 0.1) is 0 Å². The Bertz CT molecular complexity index is 237. The van der Waals surface area contributed by atoms with Crippen molar-refractivity contribution < 1.29 is 10.2 Å². The van der Waals surface area contributed by atoms with Gasteiger partial charge in [-0.1, -0.05) is 0 Å². The normalized spacial score (nSPS) is 9.30. The third-order valence-electron chi connectivity index (χ3n) is 1.11. The van der Waals surface area contributed by atoms with Crippen molar-refractivity contribution in [2.24, 2.45) is 0 Å². The van der Waals surface area contributed by atoms with Gasteiger partial charge in [0.1, 0.15) is 5.82 Å². The first-order chi connectivity index (χ1) is 4.74. The lowest BCUT2D eigenvalue weighted by Gasteiger charge is -1.99. The molecule has 0 aromatic carbocycles. The number of hydrogen-bond donors (Lipinski definition) is 3. The first kappa shape index (κ1) is 6.67. The van der Waals surface area contributed by atoms with E-state index >= 15 is 0 Å². The summed E-state index contributed by atoms with van der Waals surface area (Å²) in [5, 5.41) is 20.3. The molecule has 1 aromatic heterocycles. The van der Waals surface area contributed by atoms with Gasteiger partial charge in [-0.25, -0.2) is 0 Å². The molecule has 0 radical (unpaired) electrons. The van der Waals surface area contributed by atoms with Gasteiger partial charge in [-0.05, 0) is 12.1 Å². The monoisotopic (exact) mass is 140 g/mol. The van der Waals surface area contributed by atoms with E-state index in [1.807, 2.05) is 0 Å². The summed E-state index contributed by atoms with van der Waals surface area (Å²) in [7, 11) is 1.68. The Labute approximate surface area is 58.2 Å². The summed E-state index contributed by atoms with van der Waals surface area (Å²) in [4.78, 5) is 3.59. The standard InChI is InChI=1S/C6H8N2O2/c1-7-5-3-2-4(9)6(10)8-5/h2-3,9H,1H3,(H2,7,8,10). The number of hydrogen-bond acceptors (Lipinski definition) is 4. The van der Waals surface area contributed by atoms with Crippen LogP contribution in [0.1, 0.15) is 0 Å². The molecule has 1 rings (SSSR count). The SMILES string of the molecule is CNc1ccc(O)c(O)n1. The second-order valence-electron chi connectivity index (χ2n) is 1.79. The van der Waals surface area contributed by atoms with Gasteiger partial charge in [-0.15, -0.1) is 0 Å². The van der Waals surface area contributed by atoms with E-state index < -0.39 is 0 Å². The molecule has 0 aliphatic heterocycles. The molecule has 0 spiro atoms. The number of aromatic nitrogens is 1. The summed E-state index contributed by atoms with van der Waals surface area (Å²) in [6.45, 7) is 0. The van der Waals surface area contributed by atoms with E-state index in [1.165, 1.54) is 6.07 Å². The summed E-state index contributed by atoms with van der Waals surface area (Å²) in [5.41, 5.74) is 0. The van der Waals surface area contributed by atoms with Gasteiger partial charge in [-0.3, -0.25) is 0 Å². The fourth-order valence-corrected chi connectivity index (χ4v) is 0.580. The van der Waals surface area contributed by atoms with Crippen molar-refractivity contribution in [3.63, 3.8) is 0 Å². The lowest BCUT2D eigenvalue weighted by atomic mass is 10.4. The minimum Gasteiger partial charge on any atom is -0.503 e. The average molecular weight is 140 g/mol. The maximum Gasteiger partial charge on any atom is 0.256 e. The molecule has 3 N–H and O–H groups in total. The van der Waals surface area contributed by atoms with Gasteiger partial charge < -0.3 is 15.5 Å². The van der Waals surface area contributed by atoms with Gasteiger partial charge >= 0.3 is 0 Å². The number of nitrogens with one attached hydrogen (secondary N) is 1. The number of aromatic hydroxyl groups is 2. The number of nitrogens with zero attached hydrogens (tertiary/aromatic N) is 1. The van der Waals surface area contributed by atoms with Crippen LogP contribution in [0.5, 0.6) is 11.6 Å². The van der Waals surface area contributed by atoms with Crippen molar-refractivity contribution in [2.75, 3.05) is 12.4 Å². The highest BCUT2D eigenvalue weighted by molar-refractivity contribution is 5.42. The molecule has 0 fully saturated rings. The molecule has 4 nitrogen and oxygen atoms in total. The van der Waals surface area contributed by atoms with E-state index in [9.17, 15) is 0 Å². The van der Waals surface area contributed by atoms with Crippen LogP contribution in [0.2, 0.25) is 0 Å². The highest BCUT2D eigenvalue weighted by atomic mass is 16.3. The highest BCUT2D eigenvalue weighted by Crippen LogP contribution is 2.22. The van der Waals surface area contributed by atoms with Gasteiger partial charge in [0.2, 0.25) is 0 Å². The van der Waals surface area contributed by atoms with Gasteiger partial charge in [0.25, 0.3) is 5.88 Å². The average Bonchev–Trinajstić information content (AvgIpc) is 1.95. The molecule has 0 atom stereocenters. The Kier molecular flexibility index (Phi) is 1.62. The predicted molar refractivity (Wildman–Crippen MR) is 37.1 cm³/mol. The molecule has 0 unspecified atom stereocenters. The minimum absolute atomic E-state index is 0.209. The molecule has 0 saturated heterocycles. The Morgan fingerprint density at radius 2 is 2.10 bits per heavy atom. The molecule has 1 aromatic rings. The van der Waals surface area contributed by atoms with Crippen molar-refractivity contribution >= 4 is 5.82 Å². The van der Waals surface area contributed by atoms with Crippen molar-refractivity contribution in [3.05, 3.63) is 12.1 Å². The summed E-state index contributed by atoms with van der Waals surface area (Å²) >= 11 is 0. The maximum absolute atomic E-state index is 8.83. The zero-order chi connectivity index (χ0) is 7.56. The second kappa shape index (κ2) is 2.43. The Morgan fingerprint density at radius 3 is 2.60 bits per heavy atom. The molecular weight excluding hydrogens is 132 g/mol. The van der Waals surface area contributed by atoms with Crippen molar-refractivity contribution in [1.29, 1.82) is 0 Å². The highest BCUT2D eigenvalue weighted by Gasteiger charge is 1.98. The van der Waals surface area contributed by atoms with Gasteiger partial charge in [0, 0.05) is 7.05 Å². The lowest BCUT2D eigenvalue weighted by Crippen LogP contribution is -1.90. The van der Waals surface area contributed by atoms with Crippen molar-refractivity contribution in [2.45, 2.75) is 0 Å². The zero-order valence-electron chi connectivity index (χ0n) is 5.50. The largest absolute Gasteiger partial charge is 0.503 e. The van der Waals surface area contributed by atoms with Crippen LogP contribution in [0.3, 0.4) is 0 Å². The van der Waals surface area contributed by atoms with E-state index in [-0.39, 0.29) is 11.6 Å². The summed E-state index contributed by atoms with van der Waals surface area (Å²) in [6.07, 6.45) is 0. The molecule has 54 valence electrons. The zero-order valence-corrected chi connectivity index (χ0v) is 5.50. The molecule has 0 aliphatic rings. The summed E-state index contributed by atoms with van der Waals surface area (Å²) < 4.78 is 0. The number of pyridine rings is 1. The van der Waals surface area contributed by atoms with Crippen LogP contribution < -0.4 is 5.32 Å². The van der Waals surface area contributed by atoms with Gasteiger partial charge in [0.05, 0.1) is 0 Å². The summed E-state index contributed by atoms with van der Waals surface area (Å²) in [5.74, 6) is -0.0406. The molecule has 0 bridgehead atoms. The maximum atomic E-state index is 8.83. The molecular formula is C6H8N2O2. The topological polar surface area (TPSA) is 65.4 Å². The van der Waals surface area contributed by atoms with E-state index in [0.717, 1.165) is 0 Å². The molecule has 1 heterocycles. The first-order valence-corrected chi connectivity index (χ1v) is 2.81. The molecule has 10 heavy (non-hydrogen) atoms. The first-order valence-electron chi connectivity index (χ1n) is 2.81. The van der Waals surface area contributed by atoms with E-state index in [0.29, 0.717) is 5.82 Å². The van der Waals surface area contributed by atoms with Gasteiger partial charge in [0.15, 0.2) is 5.75 Å². The van der Waals surface area contributed by atoms with E-state index in [4.69, 9.17) is 10.2 Å². The quantitative estimate of drug-likeness (QED) is 0.532. The third kappa shape index (κ3) is 1.10. The van der Waals surface area contributed by atoms with Crippen LogP contribution in [-0.4, -0.2) is 22.2 Å². The van der Waals surface area contributed by atoms with Crippen LogP contribution >= 0.6 is 0 Å². The number of anilines is 1. The lowest BCUT2D eigenvalue weighted by molar-refractivity contribution is 0.389. The van der Waals surface area contributed by atoms with E-state index in [1.54, 1.807) is 13.1 Å². The van der Waals surface area contributed by atoms with Crippen molar-refractivity contribution in [3.8, 4) is 11.6 Å². The third-order valence-corrected chi connectivity index (χ3v) is 1.11. The van der Waals surface area contributed by atoms with E-state index in [2.05, 4.69) is 10.3 Å². The van der Waals surface area contributed by atoms with Crippen LogP contribution in [0.15, 0.2) is 12.1 Å². The van der Waals surface area contributed by atoms with Crippen LogP contribution in [0.25, 0.3) is 0 Å². The van der Waals surface area contributed by atoms with Crippen LogP contribution in [-0.2, 0) is 0 Å². The minimum atomic E-state index is -0.355. The Morgan fingerprint density at radius 1 is 1.40 bits per heavy atom. The van der Waals surface area contributed by atoms with Gasteiger partial charge in [-0.2, -0.15) is 4.98 Å². The molecule has 0 amide bonds. The predicted octanol–water partition coefficient (Wildman–Crippen LogP) is 0.534. The Balaban J connectivity index is 3.04. The molecule has 0 aliphatic carbocycles. The Hall–Kier alpha value is -1.45. The second-order valence-corrected chi connectivity index (χ2v) is 1.79. The molecule has 0 saturated carbocycles. The number of rotatable bonds is 1. The fourth-order valence-electron chi connectivity index (χ4n) is 0.580.